The maximum atomic E-state index is 12.8. The highest BCUT2D eigenvalue weighted by atomic mass is 16.4. The highest BCUT2D eigenvalue weighted by molar-refractivity contribution is 5.94. The summed E-state index contributed by atoms with van der Waals surface area (Å²) in [5.74, 6) is -1.19. The van der Waals surface area contributed by atoms with Gasteiger partial charge < -0.3 is 15.3 Å². The van der Waals surface area contributed by atoms with Gasteiger partial charge in [0.2, 0.25) is 5.91 Å². The van der Waals surface area contributed by atoms with Gasteiger partial charge in [-0.2, -0.15) is 0 Å². The van der Waals surface area contributed by atoms with E-state index in [-0.39, 0.29) is 29.8 Å². The number of hydrogen-bond donors (Lipinski definition) is 2. The van der Waals surface area contributed by atoms with Crippen LogP contribution in [0.1, 0.15) is 45.5 Å². The van der Waals surface area contributed by atoms with E-state index in [1.165, 1.54) is 12.1 Å². The van der Waals surface area contributed by atoms with Crippen molar-refractivity contribution in [1.29, 1.82) is 0 Å². The van der Waals surface area contributed by atoms with Gasteiger partial charge in [-0.15, -0.1) is 0 Å². The number of carboxylic acid groups (broad SMARTS) is 1. The first kappa shape index (κ1) is 19.6. The minimum atomic E-state index is -1.01. The van der Waals surface area contributed by atoms with Crippen molar-refractivity contribution in [2.75, 3.05) is 13.1 Å². The quantitative estimate of drug-likeness (QED) is 0.807. The van der Waals surface area contributed by atoms with Gasteiger partial charge in [0.25, 0.3) is 5.91 Å². The predicted octanol–water partition coefficient (Wildman–Crippen LogP) is 2.74. The van der Waals surface area contributed by atoms with Crippen LogP contribution in [0.25, 0.3) is 0 Å². The first-order chi connectivity index (χ1) is 13.5. The zero-order valence-electron chi connectivity index (χ0n) is 15.6. The summed E-state index contributed by atoms with van der Waals surface area (Å²) in [5.41, 5.74) is 1.46. The van der Waals surface area contributed by atoms with Crippen molar-refractivity contribution < 1.29 is 19.5 Å². The topological polar surface area (TPSA) is 86.7 Å². The summed E-state index contributed by atoms with van der Waals surface area (Å²) < 4.78 is 0. The van der Waals surface area contributed by atoms with Crippen LogP contribution in [0, 0.1) is 0 Å². The average Bonchev–Trinajstić information content (AvgIpc) is 2.73. The van der Waals surface area contributed by atoms with Gasteiger partial charge in [0, 0.05) is 24.7 Å². The number of carbonyl (C=O) groups is 3. The zero-order valence-corrected chi connectivity index (χ0v) is 15.6. The van der Waals surface area contributed by atoms with Crippen LogP contribution in [0.2, 0.25) is 0 Å². The van der Waals surface area contributed by atoms with E-state index in [9.17, 15) is 14.4 Å². The first-order valence-corrected chi connectivity index (χ1v) is 9.49. The molecule has 2 aromatic rings. The van der Waals surface area contributed by atoms with Gasteiger partial charge >= 0.3 is 5.97 Å². The summed E-state index contributed by atoms with van der Waals surface area (Å²) in [6, 6.07) is 15.4. The summed E-state index contributed by atoms with van der Waals surface area (Å²) in [5, 5.41) is 12.0. The Morgan fingerprint density at radius 2 is 1.75 bits per heavy atom. The van der Waals surface area contributed by atoms with E-state index in [4.69, 9.17) is 5.11 Å². The molecule has 3 rings (SSSR count). The van der Waals surface area contributed by atoms with Gasteiger partial charge in [0.15, 0.2) is 0 Å². The van der Waals surface area contributed by atoms with E-state index >= 15 is 0 Å². The molecule has 146 valence electrons. The third-order valence-electron chi connectivity index (χ3n) is 5.01. The van der Waals surface area contributed by atoms with E-state index in [2.05, 4.69) is 5.32 Å². The number of amides is 2. The lowest BCUT2D eigenvalue weighted by molar-refractivity contribution is -0.134. The molecule has 1 aliphatic heterocycles. The zero-order chi connectivity index (χ0) is 19.9. The Bertz CT molecular complexity index is 851. The van der Waals surface area contributed by atoms with Gasteiger partial charge in [-0.25, -0.2) is 4.79 Å². The van der Waals surface area contributed by atoms with E-state index in [1.54, 1.807) is 24.3 Å². The highest BCUT2D eigenvalue weighted by Gasteiger charge is 2.27. The molecule has 1 saturated heterocycles. The van der Waals surface area contributed by atoms with E-state index in [0.29, 0.717) is 24.2 Å². The molecule has 0 aromatic heterocycles. The van der Waals surface area contributed by atoms with Gasteiger partial charge in [-0.3, -0.25) is 9.59 Å². The Kier molecular flexibility index (Phi) is 6.42. The Morgan fingerprint density at radius 3 is 2.50 bits per heavy atom. The standard InChI is InChI=1S/C22H24N2O4/c25-20(14-16-7-6-10-18(13-16)22(27)28)24-12-5-4-11-19(24)15-23-21(26)17-8-2-1-3-9-17/h1-3,6-10,13,19H,4-5,11-12,14-15H2,(H,23,26)(H,27,28). The number of nitrogens with zero attached hydrogens (tertiary/aromatic N) is 1. The fourth-order valence-electron chi connectivity index (χ4n) is 3.53. The number of piperidine rings is 1. The van der Waals surface area contributed by atoms with Crippen molar-refractivity contribution in [2.24, 2.45) is 0 Å². The van der Waals surface area contributed by atoms with Gasteiger partial charge in [-0.1, -0.05) is 30.3 Å². The number of rotatable bonds is 6. The Morgan fingerprint density at radius 1 is 1.00 bits per heavy atom. The van der Waals surface area contributed by atoms with Crippen molar-refractivity contribution in [3.05, 3.63) is 71.3 Å². The molecule has 0 spiro atoms. The molecule has 2 amide bonds. The first-order valence-electron chi connectivity index (χ1n) is 9.49. The molecule has 1 aliphatic rings. The van der Waals surface area contributed by atoms with Crippen LogP contribution in [0.4, 0.5) is 0 Å². The third kappa shape index (κ3) is 4.97. The Hall–Kier alpha value is -3.15. The summed E-state index contributed by atoms with van der Waals surface area (Å²) in [7, 11) is 0. The summed E-state index contributed by atoms with van der Waals surface area (Å²) >= 11 is 0. The molecule has 1 heterocycles. The molecule has 1 fully saturated rings. The number of likely N-dealkylation sites (tertiary alicyclic amines) is 1. The largest absolute Gasteiger partial charge is 0.478 e. The normalized spacial score (nSPS) is 16.4. The monoisotopic (exact) mass is 380 g/mol. The minimum Gasteiger partial charge on any atom is -0.478 e. The molecule has 0 radical (unpaired) electrons. The molecular formula is C22H24N2O4. The van der Waals surface area contributed by atoms with Crippen molar-refractivity contribution in [2.45, 2.75) is 31.7 Å². The summed E-state index contributed by atoms with van der Waals surface area (Å²) in [6.45, 7) is 1.07. The molecule has 2 N–H and O–H groups in total. The molecule has 1 unspecified atom stereocenters. The lowest BCUT2D eigenvalue weighted by atomic mass is 10.00. The average molecular weight is 380 g/mol. The van der Waals surface area contributed by atoms with Crippen LogP contribution < -0.4 is 5.32 Å². The number of hydrogen-bond acceptors (Lipinski definition) is 3. The maximum absolute atomic E-state index is 12.8. The van der Waals surface area contributed by atoms with Crippen LogP contribution >= 0.6 is 0 Å². The number of carboxylic acids is 1. The second kappa shape index (κ2) is 9.17. The van der Waals surface area contributed by atoms with E-state index in [1.807, 2.05) is 23.1 Å². The molecule has 28 heavy (non-hydrogen) atoms. The van der Waals surface area contributed by atoms with Crippen molar-refractivity contribution in [1.82, 2.24) is 10.2 Å². The lowest BCUT2D eigenvalue weighted by Crippen LogP contribution is -2.49. The van der Waals surface area contributed by atoms with Crippen LogP contribution in [-0.2, 0) is 11.2 Å². The second-order valence-electron chi connectivity index (χ2n) is 7.00. The molecule has 2 aromatic carbocycles. The van der Waals surface area contributed by atoms with E-state index in [0.717, 1.165) is 19.3 Å². The number of carbonyl (C=O) groups excluding carboxylic acids is 2. The third-order valence-corrected chi connectivity index (χ3v) is 5.01. The molecule has 0 aliphatic carbocycles. The Labute approximate surface area is 164 Å². The van der Waals surface area contributed by atoms with Gasteiger partial charge in [0.05, 0.1) is 12.0 Å². The van der Waals surface area contributed by atoms with Gasteiger partial charge in [0.1, 0.15) is 0 Å². The summed E-state index contributed by atoms with van der Waals surface area (Å²) in [4.78, 5) is 38.1. The molecule has 1 atom stereocenters. The lowest BCUT2D eigenvalue weighted by Gasteiger charge is -2.36. The highest BCUT2D eigenvalue weighted by Crippen LogP contribution is 2.18. The number of benzene rings is 2. The van der Waals surface area contributed by atoms with Crippen LogP contribution in [-0.4, -0.2) is 46.9 Å². The number of nitrogens with one attached hydrogen (secondary N) is 1. The number of aromatic carboxylic acids is 1. The summed E-state index contributed by atoms with van der Waals surface area (Å²) in [6.07, 6.45) is 2.95. The SMILES string of the molecule is O=C(O)c1cccc(CC(=O)N2CCCCC2CNC(=O)c2ccccc2)c1. The van der Waals surface area contributed by atoms with Crippen LogP contribution in [0.3, 0.4) is 0 Å². The molecule has 6 nitrogen and oxygen atoms in total. The molecular weight excluding hydrogens is 356 g/mol. The van der Waals surface area contributed by atoms with Gasteiger partial charge in [-0.05, 0) is 49.1 Å². The molecule has 0 bridgehead atoms. The molecule has 0 saturated carbocycles. The second-order valence-corrected chi connectivity index (χ2v) is 7.00. The van der Waals surface area contributed by atoms with Crippen LogP contribution in [0.5, 0.6) is 0 Å². The van der Waals surface area contributed by atoms with Crippen LogP contribution in [0.15, 0.2) is 54.6 Å². The smallest absolute Gasteiger partial charge is 0.335 e. The predicted molar refractivity (Wildman–Crippen MR) is 105 cm³/mol. The van der Waals surface area contributed by atoms with Crippen molar-refractivity contribution in [3.8, 4) is 0 Å². The Balaban J connectivity index is 1.62. The van der Waals surface area contributed by atoms with Crippen molar-refractivity contribution >= 4 is 17.8 Å². The fourth-order valence-corrected chi connectivity index (χ4v) is 3.53. The molecule has 6 heteroatoms. The minimum absolute atomic E-state index is 0.0406. The van der Waals surface area contributed by atoms with Crippen molar-refractivity contribution in [3.63, 3.8) is 0 Å². The fraction of sp³-hybridized carbons (Fsp3) is 0.318. The maximum Gasteiger partial charge on any atom is 0.335 e. The van der Waals surface area contributed by atoms with E-state index < -0.39 is 5.97 Å².